The molecule has 2 heterocycles. The predicted molar refractivity (Wildman–Crippen MR) is 119 cm³/mol. The minimum Gasteiger partial charge on any atom is -0.348 e. The molecule has 0 aliphatic heterocycles. The van der Waals surface area contributed by atoms with Crippen LogP contribution in [0.3, 0.4) is 0 Å². The van der Waals surface area contributed by atoms with Gasteiger partial charge in [0.05, 0.1) is 23.1 Å². The van der Waals surface area contributed by atoms with Crippen molar-refractivity contribution in [2.45, 2.75) is 19.5 Å². The van der Waals surface area contributed by atoms with E-state index in [2.05, 4.69) is 20.3 Å². The number of imidazole rings is 1. The van der Waals surface area contributed by atoms with Crippen LogP contribution in [0.15, 0.2) is 73.2 Å². The van der Waals surface area contributed by atoms with E-state index >= 15 is 0 Å². The summed E-state index contributed by atoms with van der Waals surface area (Å²) in [5, 5.41) is 3.19. The Kier molecular flexibility index (Phi) is 6.96. The van der Waals surface area contributed by atoms with E-state index in [1.165, 1.54) is 30.5 Å². The van der Waals surface area contributed by atoms with E-state index in [4.69, 9.17) is 0 Å². The molecule has 4 rings (SSSR count). The number of hydrogen-bond acceptors (Lipinski definition) is 4. The summed E-state index contributed by atoms with van der Waals surface area (Å²) in [7, 11) is 0. The van der Waals surface area contributed by atoms with Gasteiger partial charge in [-0.2, -0.15) is 22.3 Å². The van der Waals surface area contributed by atoms with Gasteiger partial charge in [0.25, 0.3) is 0 Å². The third-order valence-electron chi connectivity index (χ3n) is 4.67. The van der Waals surface area contributed by atoms with Crippen molar-refractivity contribution in [3.8, 4) is 22.6 Å². The number of alkyl halides is 2. The minimum absolute atomic E-state index is 0. The molecule has 1 N–H and O–H groups in total. The molecule has 2 aromatic carbocycles. The Morgan fingerprint density at radius 3 is 2.32 bits per heavy atom. The molecular weight excluding hydrogens is 423 g/mol. The standard InChI is InChI=1S/C22H18F3N5.H2S/c1-14(15-5-3-2-4-6-15)28-22-26-12-11-18(29-22)20-19(27-13-30(20)21(24)25)16-7-9-17(23)10-8-16;/h2-14,21H,1H3,(H,26,28,29);1H2/t14-;/m0./s1. The molecule has 0 radical (unpaired) electrons. The minimum atomic E-state index is -2.81. The highest BCUT2D eigenvalue weighted by Crippen LogP contribution is 2.33. The van der Waals surface area contributed by atoms with Gasteiger partial charge >= 0.3 is 6.55 Å². The van der Waals surface area contributed by atoms with Gasteiger partial charge in [-0.15, -0.1) is 0 Å². The SMILES string of the molecule is C[C@H](Nc1nccc(-c2c(-c3ccc(F)cc3)ncn2C(F)F)n1)c1ccccc1.S. The molecule has 0 amide bonds. The van der Waals surface area contributed by atoms with Gasteiger partial charge in [0.2, 0.25) is 5.95 Å². The molecule has 0 bridgehead atoms. The van der Waals surface area contributed by atoms with Crippen molar-refractivity contribution in [2.24, 2.45) is 0 Å². The molecule has 4 aromatic rings. The lowest BCUT2D eigenvalue weighted by molar-refractivity contribution is 0.0718. The van der Waals surface area contributed by atoms with E-state index < -0.39 is 12.4 Å². The largest absolute Gasteiger partial charge is 0.348 e. The lowest BCUT2D eigenvalue weighted by Crippen LogP contribution is -2.10. The number of halogens is 3. The van der Waals surface area contributed by atoms with Gasteiger partial charge in [0.15, 0.2) is 0 Å². The summed E-state index contributed by atoms with van der Waals surface area (Å²) in [5.74, 6) is -0.118. The topological polar surface area (TPSA) is 55.6 Å². The van der Waals surface area contributed by atoms with E-state index in [1.54, 1.807) is 6.07 Å². The van der Waals surface area contributed by atoms with Crippen molar-refractivity contribution >= 4 is 19.4 Å². The molecule has 31 heavy (non-hydrogen) atoms. The molecule has 0 spiro atoms. The highest BCUT2D eigenvalue weighted by Gasteiger charge is 2.21. The van der Waals surface area contributed by atoms with E-state index in [-0.39, 0.29) is 36.6 Å². The summed E-state index contributed by atoms with van der Waals surface area (Å²) in [4.78, 5) is 12.8. The van der Waals surface area contributed by atoms with Crippen molar-refractivity contribution < 1.29 is 13.2 Å². The van der Waals surface area contributed by atoms with E-state index in [9.17, 15) is 13.2 Å². The quantitative estimate of drug-likeness (QED) is 0.408. The maximum absolute atomic E-state index is 13.6. The van der Waals surface area contributed by atoms with Crippen LogP contribution < -0.4 is 5.32 Å². The van der Waals surface area contributed by atoms with Gasteiger partial charge in [-0.05, 0) is 42.8 Å². The Bertz CT molecular complexity index is 1130. The van der Waals surface area contributed by atoms with Crippen LogP contribution in [-0.2, 0) is 0 Å². The summed E-state index contributed by atoms with van der Waals surface area (Å²) in [6.07, 6.45) is 2.56. The monoisotopic (exact) mass is 443 g/mol. The van der Waals surface area contributed by atoms with Crippen LogP contribution in [-0.4, -0.2) is 19.5 Å². The molecular formula is C22H20F3N5S. The maximum atomic E-state index is 13.6. The van der Waals surface area contributed by atoms with Gasteiger partial charge in [-0.25, -0.2) is 19.3 Å². The van der Waals surface area contributed by atoms with Gasteiger partial charge in [0.1, 0.15) is 12.1 Å². The highest BCUT2D eigenvalue weighted by atomic mass is 32.1. The average Bonchev–Trinajstić information content (AvgIpc) is 3.21. The first-order chi connectivity index (χ1) is 14.5. The Morgan fingerprint density at radius 1 is 0.935 bits per heavy atom. The zero-order valence-electron chi connectivity index (χ0n) is 16.5. The molecule has 0 fully saturated rings. The summed E-state index contributed by atoms with van der Waals surface area (Å²) in [6, 6.07) is 16.7. The van der Waals surface area contributed by atoms with Crippen LogP contribution in [0, 0.1) is 5.82 Å². The fourth-order valence-corrected chi connectivity index (χ4v) is 3.16. The molecule has 1 atom stereocenters. The summed E-state index contributed by atoms with van der Waals surface area (Å²) in [5.41, 5.74) is 2.25. The predicted octanol–water partition coefficient (Wildman–Crippen LogP) is 5.83. The number of hydrogen-bond donors (Lipinski definition) is 1. The van der Waals surface area contributed by atoms with Gasteiger partial charge in [0, 0.05) is 11.8 Å². The number of aromatic nitrogens is 4. The van der Waals surface area contributed by atoms with E-state index in [1.807, 2.05) is 37.3 Å². The van der Waals surface area contributed by atoms with Crippen molar-refractivity contribution in [3.63, 3.8) is 0 Å². The second kappa shape index (κ2) is 9.65. The van der Waals surface area contributed by atoms with Crippen molar-refractivity contribution in [3.05, 3.63) is 84.6 Å². The summed E-state index contributed by atoms with van der Waals surface area (Å²) in [6.45, 7) is -0.852. The van der Waals surface area contributed by atoms with E-state index in [0.717, 1.165) is 16.5 Å². The molecule has 9 heteroatoms. The van der Waals surface area contributed by atoms with Crippen LogP contribution >= 0.6 is 13.5 Å². The number of nitrogens with zero attached hydrogens (tertiary/aromatic N) is 4. The van der Waals surface area contributed by atoms with Crippen molar-refractivity contribution in [1.82, 2.24) is 19.5 Å². The third-order valence-corrected chi connectivity index (χ3v) is 4.67. The molecule has 5 nitrogen and oxygen atoms in total. The third kappa shape index (κ3) is 4.88. The molecule has 0 aliphatic carbocycles. The molecule has 0 saturated heterocycles. The first-order valence-electron chi connectivity index (χ1n) is 9.29. The van der Waals surface area contributed by atoms with Crippen LogP contribution in [0.2, 0.25) is 0 Å². The zero-order valence-corrected chi connectivity index (χ0v) is 17.5. The van der Waals surface area contributed by atoms with Crippen molar-refractivity contribution in [2.75, 3.05) is 5.32 Å². The highest BCUT2D eigenvalue weighted by molar-refractivity contribution is 7.59. The van der Waals surface area contributed by atoms with Gasteiger partial charge in [-0.1, -0.05) is 30.3 Å². The average molecular weight is 443 g/mol. The first-order valence-corrected chi connectivity index (χ1v) is 9.29. The van der Waals surface area contributed by atoms with Gasteiger partial charge < -0.3 is 5.32 Å². The smallest absolute Gasteiger partial charge is 0.320 e. The lowest BCUT2D eigenvalue weighted by Gasteiger charge is -2.15. The number of anilines is 1. The van der Waals surface area contributed by atoms with Crippen molar-refractivity contribution in [1.29, 1.82) is 0 Å². The Labute approximate surface area is 184 Å². The fourth-order valence-electron chi connectivity index (χ4n) is 3.16. The molecule has 2 aromatic heterocycles. The Morgan fingerprint density at radius 2 is 1.65 bits per heavy atom. The lowest BCUT2D eigenvalue weighted by atomic mass is 10.1. The normalized spacial score (nSPS) is 11.8. The molecule has 160 valence electrons. The van der Waals surface area contributed by atoms with Crippen LogP contribution in [0.4, 0.5) is 19.1 Å². The second-order valence-electron chi connectivity index (χ2n) is 6.68. The van der Waals surface area contributed by atoms with E-state index in [0.29, 0.717) is 11.5 Å². The number of benzene rings is 2. The first kappa shape index (κ1) is 22.4. The Hall–Kier alpha value is -3.33. The van der Waals surface area contributed by atoms with Crippen LogP contribution in [0.25, 0.3) is 22.6 Å². The van der Waals surface area contributed by atoms with Gasteiger partial charge in [-0.3, -0.25) is 4.57 Å². The Balaban J connectivity index is 0.00000272. The molecule has 0 unspecified atom stereocenters. The number of nitrogens with one attached hydrogen (secondary N) is 1. The summed E-state index contributed by atoms with van der Waals surface area (Å²) >= 11 is 0. The summed E-state index contributed by atoms with van der Waals surface area (Å²) < 4.78 is 41.3. The number of rotatable bonds is 6. The van der Waals surface area contributed by atoms with Crippen LogP contribution in [0.1, 0.15) is 25.1 Å². The second-order valence-corrected chi connectivity index (χ2v) is 6.68. The molecule has 0 aliphatic rings. The van der Waals surface area contributed by atoms with Crippen LogP contribution in [0.5, 0.6) is 0 Å². The zero-order chi connectivity index (χ0) is 21.1. The molecule has 0 saturated carbocycles. The fraction of sp³-hybridized carbons (Fsp3) is 0.136. The maximum Gasteiger partial charge on any atom is 0.320 e.